The van der Waals surface area contributed by atoms with Gasteiger partial charge < -0.3 is 29.6 Å². The highest BCUT2D eigenvalue weighted by Crippen LogP contribution is 2.39. The van der Waals surface area contributed by atoms with Gasteiger partial charge in [0.2, 0.25) is 11.7 Å². The van der Waals surface area contributed by atoms with E-state index in [1.807, 2.05) is 32.0 Å². The van der Waals surface area contributed by atoms with Crippen LogP contribution in [0.2, 0.25) is 0 Å². The molecule has 0 aliphatic rings. The SMILES string of the molecule is COc1cc(NCC(=O)Nc2ccccc2OC(C)C)cc(OC)c1OC. The van der Waals surface area contributed by atoms with Crippen LogP contribution in [0, 0.1) is 0 Å². The molecule has 0 heterocycles. The van der Waals surface area contributed by atoms with E-state index in [-0.39, 0.29) is 18.6 Å². The van der Waals surface area contributed by atoms with Crippen molar-refractivity contribution in [1.82, 2.24) is 0 Å². The van der Waals surface area contributed by atoms with Crippen molar-refractivity contribution in [2.75, 3.05) is 38.5 Å². The van der Waals surface area contributed by atoms with E-state index in [1.165, 1.54) is 7.11 Å². The molecule has 2 aromatic rings. The molecule has 0 aliphatic heterocycles. The summed E-state index contributed by atoms with van der Waals surface area (Å²) in [5.41, 5.74) is 1.30. The maximum atomic E-state index is 12.3. The quantitative estimate of drug-likeness (QED) is 0.699. The van der Waals surface area contributed by atoms with Gasteiger partial charge in [-0.25, -0.2) is 0 Å². The first-order valence-electron chi connectivity index (χ1n) is 8.57. The third-order valence-corrected chi connectivity index (χ3v) is 3.64. The van der Waals surface area contributed by atoms with Gasteiger partial charge >= 0.3 is 0 Å². The Morgan fingerprint density at radius 3 is 2.15 bits per heavy atom. The van der Waals surface area contributed by atoms with Gasteiger partial charge in [0.15, 0.2) is 11.5 Å². The lowest BCUT2D eigenvalue weighted by molar-refractivity contribution is -0.114. The van der Waals surface area contributed by atoms with E-state index in [1.54, 1.807) is 32.4 Å². The third kappa shape index (κ3) is 5.44. The van der Waals surface area contributed by atoms with Gasteiger partial charge in [-0.05, 0) is 26.0 Å². The number of hydrogen-bond donors (Lipinski definition) is 2. The first kappa shape index (κ1) is 20.2. The molecule has 146 valence electrons. The van der Waals surface area contributed by atoms with E-state index in [9.17, 15) is 4.79 Å². The highest BCUT2D eigenvalue weighted by Gasteiger charge is 2.14. The van der Waals surface area contributed by atoms with Crippen LogP contribution in [-0.4, -0.2) is 39.9 Å². The van der Waals surface area contributed by atoms with Gasteiger partial charge in [0.25, 0.3) is 0 Å². The molecule has 7 heteroatoms. The zero-order valence-corrected chi connectivity index (χ0v) is 16.3. The smallest absolute Gasteiger partial charge is 0.243 e. The normalized spacial score (nSPS) is 10.3. The predicted molar refractivity (Wildman–Crippen MR) is 105 cm³/mol. The Morgan fingerprint density at radius 2 is 1.59 bits per heavy atom. The van der Waals surface area contributed by atoms with E-state index in [0.717, 1.165) is 0 Å². The highest BCUT2D eigenvalue weighted by atomic mass is 16.5. The number of ether oxygens (including phenoxy) is 4. The number of nitrogens with one attached hydrogen (secondary N) is 2. The van der Waals surface area contributed by atoms with E-state index in [4.69, 9.17) is 18.9 Å². The molecule has 0 fully saturated rings. The number of hydrogen-bond acceptors (Lipinski definition) is 6. The zero-order chi connectivity index (χ0) is 19.8. The molecule has 2 N–H and O–H groups in total. The summed E-state index contributed by atoms with van der Waals surface area (Å²) in [7, 11) is 4.62. The number of methoxy groups -OCH3 is 3. The molecule has 0 aromatic heterocycles. The molecule has 7 nitrogen and oxygen atoms in total. The Labute approximate surface area is 159 Å². The second-order valence-electron chi connectivity index (χ2n) is 5.98. The van der Waals surface area contributed by atoms with Gasteiger partial charge in [-0.2, -0.15) is 0 Å². The van der Waals surface area contributed by atoms with Crippen molar-refractivity contribution in [3.63, 3.8) is 0 Å². The lowest BCUT2D eigenvalue weighted by Gasteiger charge is -2.16. The first-order valence-corrected chi connectivity index (χ1v) is 8.57. The summed E-state index contributed by atoms with van der Waals surface area (Å²) in [6.45, 7) is 3.93. The van der Waals surface area contributed by atoms with Crippen molar-refractivity contribution in [3.05, 3.63) is 36.4 Å². The summed E-state index contributed by atoms with van der Waals surface area (Å²) in [5, 5.41) is 5.91. The van der Waals surface area contributed by atoms with Crippen LogP contribution in [0.4, 0.5) is 11.4 Å². The summed E-state index contributed by atoms with van der Waals surface area (Å²) in [5.74, 6) is 1.94. The maximum absolute atomic E-state index is 12.3. The number of amides is 1. The number of anilines is 2. The molecule has 0 unspecified atom stereocenters. The second-order valence-corrected chi connectivity index (χ2v) is 5.98. The Bertz CT molecular complexity index is 752. The average Bonchev–Trinajstić information content (AvgIpc) is 2.66. The lowest BCUT2D eigenvalue weighted by Crippen LogP contribution is -2.22. The molecule has 2 aromatic carbocycles. The van der Waals surface area contributed by atoms with Crippen LogP contribution in [0.3, 0.4) is 0 Å². The van der Waals surface area contributed by atoms with E-state index in [2.05, 4.69) is 10.6 Å². The second kappa shape index (κ2) is 9.56. The molecule has 0 aliphatic carbocycles. The van der Waals surface area contributed by atoms with E-state index in [0.29, 0.717) is 34.4 Å². The van der Waals surface area contributed by atoms with Gasteiger partial charge in [-0.15, -0.1) is 0 Å². The largest absolute Gasteiger partial charge is 0.493 e. The van der Waals surface area contributed by atoms with E-state index >= 15 is 0 Å². The Balaban J connectivity index is 2.06. The first-order chi connectivity index (χ1) is 13.0. The monoisotopic (exact) mass is 374 g/mol. The number of carbonyl (C=O) groups excluding carboxylic acids is 1. The summed E-state index contributed by atoms with van der Waals surface area (Å²) >= 11 is 0. The van der Waals surface area contributed by atoms with Crippen LogP contribution in [-0.2, 0) is 4.79 Å². The fourth-order valence-corrected chi connectivity index (χ4v) is 2.49. The number of benzene rings is 2. The number of rotatable bonds is 9. The number of para-hydroxylation sites is 2. The molecule has 0 radical (unpaired) electrons. The summed E-state index contributed by atoms with van der Waals surface area (Å²) < 4.78 is 21.6. The van der Waals surface area contributed by atoms with Crippen molar-refractivity contribution in [1.29, 1.82) is 0 Å². The van der Waals surface area contributed by atoms with Crippen molar-refractivity contribution < 1.29 is 23.7 Å². The van der Waals surface area contributed by atoms with Crippen LogP contribution in [0.5, 0.6) is 23.0 Å². The predicted octanol–water partition coefficient (Wildman–Crippen LogP) is 3.55. The maximum Gasteiger partial charge on any atom is 0.243 e. The van der Waals surface area contributed by atoms with Crippen molar-refractivity contribution in [2.24, 2.45) is 0 Å². The highest BCUT2D eigenvalue weighted by molar-refractivity contribution is 5.95. The molecule has 1 amide bonds. The summed E-state index contributed by atoms with van der Waals surface area (Å²) in [4.78, 5) is 12.3. The molecule has 0 saturated carbocycles. The van der Waals surface area contributed by atoms with Crippen molar-refractivity contribution in [3.8, 4) is 23.0 Å². The van der Waals surface area contributed by atoms with Crippen molar-refractivity contribution >= 4 is 17.3 Å². The Hall–Kier alpha value is -3.09. The molecular formula is C20H26N2O5. The fraction of sp³-hybridized carbons (Fsp3) is 0.350. The molecule has 27 heavy (non-hydrogen) atoms. The molecule has 0 spiro atoms. The standard InChI is InChI=1S/C20H26N2O5/c1-13(2)27-16-9-7-6-8-15(16)22-19(23)12-21-14-10-17(24-3)20(26-5)18(11-14)25-4/h6-11,13,21H,12H2,1-5H3,(H,22,23). The third-order valence-electron chi connectivity index (χ3n) is 3.64. The molecule has 0 atom stereocenters. The van der Waals surface area contributed by atoms with Crippen LogP contribution in [0.15, 0.2) is 36.4 Å². The van der Waals surface area contributed by atoms with E-state index < -0.39 is 0 Å². The van der Waals surface area contributed by atoms with Crippen LogP contribution < -0.4 is 29.6 Å². The molecular weight excluding hydrogens is 348 g/mol. The van der Waals surface area contributed by atoms with Crippen LogP contribution in [0.1, 0.15) is 13.8 Å². The van der Waals surface area contributed by atoms with Crippen LogP contribution >= 0.6 is 0 Å². The lowest BCUT2D eigenvalue weighted by atomic mass is 10.2. The van der Waals surface area contributed by atoms with Gasteiger partial charge in [-0.3, -0.25) is 4.79 Å². The zero-order valence-electron chi connectivity index (χ0n) is 16.3. The van der Waals surface area contributed by atoms with Gasteiger partial charge in [0, 0.05) is 17.8 Å². The summed E-state index contributed by atoms with van der Waals surface area (Å²) in [6.07, 6.45) is 0.0143. The molecule has 0 bridgehead atoms. The minimum Gasteiger partial charge on any atom is -0.493 e. The topological polar surface area (TPSA) is 78.1 Å². The minimum atomic E-state index is -0.205. The molecule has 0 saturated heterocycles. The van der Waals surface area contributed by atoms with Gasteiger partial charge in [-0.1, -0.05) is 12.1 Å². The Morgan fingerprint density at radius 1 is 0.963 bits per heavy atom. The van der Waals surface area contributed by atoms with Gasteiger partial charge in [0.05, 0.1) is 39.7 Å². The van der Waals surface area contributed by atoms with Crippen LogP contribution in [0.25, 0.3) is 0 Å². The van der Waals surface area contributed by atoms with Gasteiger partial charge in [0.1, 0.15) is 5.75 Å². The number of carbonyl (C=O) groups is 1. The summed E-state index contributed by atoms with van der Waals surface area (Å²) in [6, 6.07) is 10.8. The Kier molecular flexibility index (Phi) is 7.16. The average molecular weight is 374 g/mol. The molecule has 2 rings (SSSR count). The van der Waals surface area contributed by atoms with Crippen molar-refractivity contribution in [2.45, 2.75) is 20.0 Å². The fourth-order valence-electron chi connectivity index (χ4n) is 2.49. The minimum absolute atomic E-state index is 0.0143.